The van der Waals surface area contributed by atoms with Gasteiger partial charge in [0.15, 0.2) is 9.34 Å². The molecule has 1 aliphatic heterocycles. The van der Waals surface area contributed by atoms with E-state index in [1.54, 1.807) is 0 Å². The van der Waals surface area contributed by atoms with Crippen molar-refractivity contribution in [3.8, 4) is 0 Å². The Labute approximate surface area is 168 Å². The van der Waals surface area contributed by atoms with Crippen LogP contribution in [0.4, 0.5) is 16.9 Å². The molecule has 0 atom stereocenters. The summed E-state index contributed by atoms with van der Waals surface area (Å²) in [7, 11) is -3.65. The molecule has 1 aliphatic rings. The van der Waals surface area contributed by atoms with Crippen molar-refractivity contribution >= 4 is 44.2 Å². The summed E-state index contributed by atoms with van der Waals surface area (Å²) in [5.41, 5.74) is 0.853. The third kappa shape index (κ3) is 4.56. The lowest BCUT2D eigenvalue weighted by molar-refractivity contribution is -0.114. The summed E-state index contributed by atoms with van der Waals surface area (Å²) in [5, 5.41) is 5.96. The highest BCUT2D eigenvalue weighted by Gasteiger charge is 2.31. The van der Waals surface area contributed by atoms with Gasteiger partial charge < -0.3 is 15.5 Å². The van der Waals surface area contributed by atoms with Crippen LogP contribution in [0.5, 0.6) is 0 Å². The zero-order chi connectivity index (χ0) is 20.3. The maximum Gasteiger partial charge on any atom is 0.254 e. The maximum atomic E-state index is 12.8. The number of aromatic nitrogens is 3. The number of rotatable bonds is 6. The van der Waals surface area contributed by atoms with Gasteiger partial charge in [0.25, 0.3) is 10.0 Å². The van der Waals surface area contributed by atoms with Crippen molar-refractivity contribution in [3.05, 3.63) is 18.0 Å². The molecule has 0 aliphatic carbocycles. The summed E-state index contributed by atoms with van der Waals surface area (Å²) >= 11 is 0.949. The second kappa shape index (κ2) is 8.37. The molecule has 1 saturated heterocycles. The molecule has 0 unspecified atom stereocenters. The summed E-state index contributed by atoms with van der Waals surface area (Å²) in [6.45, 7) is 7.64. The van der Waals surface area contributed by atoms with Gasteiger partial charge in [0.05, 0.1) is 6.20 Å². The summed E-state index contributed by atoms with van der Waals surface area (Å²) in [6, 6.07) is 1.88. The molecule has 2 aromatic heterocycles. The molecule has 1 amide bonds. The van der Waals surface area contributed by atoms with Crippen molar-refractivity contribution in [1.29, 1.82) is 0 Å². The number of piperazine rings is 1. The Bertz CT molecular complexity index is 953. The summed E-state index contributed by atoms with van der Waals surface area (Å²) in [5.74, 6) is 1.07. The fourth-order valence-electron chi connectivity index (χ4n) is 2.81. The number of anilines is 3. The number of hydrogen-bond acceptors (Lipinski definition) is 9. The maximum absolute atomic E-state index is 12.8. The van der Waals surface area contributed by atoms with E-state index in [4.69, 9.17) is 0 Å². The smallest absolute Gasteiger partial charge is 0.254 e. The van der Waals surface area contributed by atoms with Crippen LogP contribution in [0.3, 0.4) is 0 Å². The molecule has 2 aromatic rings. The lowest BCUT2D eigenvalue weighted by Crippen LogP contribution is -2.49. The molecular formula is C16H23N7O3S2. The molecule has 12 heteroatoms. The highest BCUT2D eigenvalue weighted by Crippen LogP contribution is 2.27. The minimum Gasteiger partial charge on any atom is -0.370 e. The molecule has 3 rings (SSSR count). The van der Waals surface area contributed by atoms with Crippen molar-refractivity contribution < 1.29 is 13.2 Å². The van der Waals surface area contributed by atoms with Crippen LogP contribution in [0.2, 0.25) is 0 Å². The van der Waals surface area contributed by atoms with Gasteiger partial charge in [-0.25, -0.2) is 18.4 Å². The van der Waals surface area contributed by atoms with Gasteiger partial charge in [0, 0.05) is 51.4 Å². The molecule has 28 heavy (non-hydrogen) atoms. The van der Waals surface area contributed by atoms with Gasteiger partial charge in [-0.2, -0.15) is 9.29 Å². The van der Waals surface area contributed by atoms with E-state index in [2.05, 4.69) is 25.6 Å². The van der Waals surface area contributed by atoms with Gasteiger partial charge in [-0.05, 0) is 13.8 Å². The van der Waals surface area contributed by atoms with E-state index in [9.17, 15) is 13.2 Å². The van der Waals surface area contributed by atoms with Gasteiger partial charge in [0.2, 0.25) is 11.9 Å². The van der Waals surface area contributed by atoms with Crippen molar-refractivity contribution in [2.75, 3.05) is 48.3 Å². The molecule has 0 spiro atoms. The highest BCUT2D eigenvalue weighted by molar-refractivity contribution is 7.91. The molecule has 0 radical (unpaired) electrons. The molecule has 0 aromatic carbocycles. The number of nitrogens with zero attached hydrogens (tertiary/aromatic N) is 5. The van der Waals surface area contributed by atoms with Crippen molar-refractivity contribution in [3.63, 3.8) is 0 Å². The first kappa shape index (κ1) is 20.4. The van der Waals surface area contributed by atoms with E-state index in [0.29, 0.717) is 32.1 Å². The van der Waals surface area contributed by atoms with Gasteiger partial charge in [0.1, 0.15) is 5.82 Å². The molecule has 2 N–H and O–H groups in total. The number of thiazole rings is 1. The summed E-state index contributed by atoms with van der Waals surface area (Å²) < 4.78 is 27.2. The minimum absolute atomic E-state index is 0.117. The molecule has 0 bridgehead atoms. The van der Waals surface area contributed by atoms with E-state index in [-0.39, 0.29) is 15.2 Å². The zero-order valence-electron chi connectivity index (χ0n) is 16.0. The molecule has 3 heterocycles. The van der Waals surface area contributed by atoms with Crippen molar-refractivity contribution in [2.24, 2.45) is 0 Å². The average molecular weight is 426 g/mol. The normalized spacial score (nSPS) is 15.5. The van der Waals surface area contributed by atoms with Gasteiger partial charge >= 0.3 is 0 Å². The Balaban J connectivity index is 1.69. The number of nitrogens with one attached hydrogen (secondary N) is 2. The third-order valence-electron chi connectivity index (χ3n) is 4.08. The van der Waals surface area contributed by atoms with Crippen LogP contribution in [0.15, 0.2) is 16.5 Å². The van der Waals surface area contributed by atoms with E-state index in [1.807, 2.05) is 24.8 Å². The first-order chi connectivity index (χ1) is 13.3. The van der Waals surface area contributed by atoms with Crippen LogP contribution in [-0.2, 0) is 14.8 Å². The standard InChI is InChI=1S/C16H23N7O3S2/c1-4-17-13-9-11(2)19-15(21-13)22-5-7-23(8-6-22)28(25,26)14-10-18-16(27-14)20-12(3)24/h9-10H,4-8H2,1-3H3,(H,17,19,21)(H,18,20,24). The van der Waals surface area contributed by atoms with Crippen LogP contribution in [0, 0.1) is 6.92 Å². The fourth-order valence-corrected chi connectivity index (χ4v) is 5.46. The van der Waals surface area contributed by atoms with Crippen molar-refractivity contribution in [2.45, 2.75) is 25.0 Å². The Morgan fingerprint density at radius 1 is 1.25 bits per heavy atom. The van der Waals surface area contributed by atoms with Crippen molar-refractivity contribution in [1.82, 2.24) is 19.3 Å². The Hall–Kier alpha value is -2.31. The Morgan fingerprint density at radius 3 is 2.61 bits per heavy atom. The van der Waals surface area contributed by atoms with E-state index in [1.165, 1.54) is 17.4 Å². The van der Waals surface area contributed by atoms with Gasteiger partial charge in [-0.15, -0.1) is 0 Å². The van der Waals surface area contributed by atoms with Crippen LogP contribution in [0.1, 0.15) is 19.5 Å². The van der Waals surface area contributed by atoms with E-state index < -0.39 is 10.0 Å². The Morgan fingerprint density at radius 2 is 1.96 bits per heavy atom. The number of amides is 1. The number of carbonyl (C=O) groups excluding carboxylic acids is 1. The summed E-state index contributed by atoms with van der Waals surface area (Å²) in [4.78, 5) is 26.0. The first-order valence-electron chi connectivity index (χ1n) is 8.87. The number of aryl methyl sites for hydroxylation is 1. The predicted octanol–water partition coefficient (Wildman–Crippen LogP) is 1.14. The quantitative estimate of drug-likeness (QED) is 0.707. The van der Waals surface area contributed by atoms with Crippen LogP contribution >= 0.6 is 11.3 Å². The molecule has 1 fully saturated rings. The van der Waals surface area contributed by atoms with Crippen LogP contribution in [-0.4, -0.2) is 66.3 Å². The monoisotopic (exact) mass is 425 g/mol. The second-order valence-corrected chi connectivity index (χ2v) is 9.48. The lowest BCUT2D eigenvalue weighted by Gasteiger charge is -2.33. The predicted molar refractivity (Wildman–Crippen MR) is 108 cm³/mol. The summed E-state index contributed by atoms with van der Waals surface area (Å²) in [6.07, 6.45) is 1.28. The number of sulfonamides is 1. The molecule has 152 valence electrons. The zero-order valence-corrected chi connectivity index (χ0v) is 17.6. The van der Waals surface area contributed by atoms with Gasteiger partial charge in [-0.3, -0.25) is 4.79 Å². The van der Waals surface area contributed by atoms with Crippen LogP contribution in [0.25, 0.3) is 0 Å². The largest absolute Gasteiger partial charge is 0.370 e. The minimum atomic E-state index is -3.65. The SMILES string of the molecule is CCNc1cc(C)nc(N2CCN(S(=O)(=O)c3cnc(NC(C)=O)s3)CC2)n1. The van der Waals surface area contributed by atoms with Crippen LogP contribution < -0.4 is 15.5 Å². The van der Waals surface area contributed by atoms with E-state index in [0.717, 1.165) is 29.4 Å². The third-order valence-corrected chi connectivity index (χ3v) is 7.33. The first-order valence-corrected chi connectivity index (χ1v) is 11.1. The highest BCUT2D eigenvalue weighted by atomic mass is 32.2. The molecule has 10 nitrogen and oxygen atoms in total. The fraction of sp³-hybridized carbons (Fsp3) is 0.500. The number of hydrogen-bond donors (Lipinski definition) is 2. The lowest BCUT2D eigenvalue weighted by atomic mass is 10.3. The molecular weight excluding hydrogens is 402 g/mol. The topological polar surface area (TPSA) is 120 Å². The average Bonchev–Trinajstić information content (AvgIpc) is 3.10. The second-order valence-electron chi connectivity index (χ2n) is 6.28. The molecule has 0 saturated carbocycles. The number of carbonyl (C=O) groups is 1. The van der Waals surface area contributed by atoms with E-state index >= 15 is 0 Å². The Kier molecular flexibility index (Phi) is 6.10. The van der Waals surface area contributed by atoms with Gasteiger partial charge in [-0.1, -0.05) is 11.3 Å².